The van der Waals surface area contributed by atoms with Gasteiger partial charge in [0.15, 0.2) is 0 Å². The van der Waals surface area contributed by atoms with E-state index < -0.39 is 0 Å². The van der Waals surface area contributed by atoms with E-state index in [-0.39, 0.29) is 5.82 Å². The number of rotatable bonds is 5. The van der Waals surface area contributed by atoms with Gasteiger partial charge in [0, 0.05) is 36.8 Å². The van der Waals surface area contributed by atoms with Gasteiger partial charge in [0.2, 0.25) is 0 Å². The van der Waals surface area contributed by atoms with E-state index >= 15 is 0 Å². The third-order valence-electron chi connectivity index (χ3n) is 3.54. The van der Waals surface area contributed by atoms with Crippen LogP contribution in [-0.4, -0.2) is 21.2 Å². The summed E-state index contributed by atoms with van der Waals surface area (Å²) in [5.74, 6) is 0.172. The van der Waals surface area contributed by atoms with E-state index in [9.17, 15) is 4.39 Å². The molecule has 1 aromatic carbocycles. The Labute approximate surface area is 134 Å². The molecule has 3 rings (SSSR count). The summed E-state index contributed by atoms with van der Waals surface area (Å²) in [4.78, 5) is 8.31. The number of imidazole rings is 1. The van der Waals surface area contributed by atoms with Crippen LogP contribution in [0.5, 0.6) is 0 Å². The summed E-state index contributed by atoms with van der Waals surface area (Å²) in [6.07, 6.45) is 8.01. The van der Waals surface area contributed by atoms with Crippen molar-refractivity contribution in [2.24, 2.45) is 0 Å². The molecule has 0 unspecified atom stereocenters. The van der Waals surface area contributed by atoms with Crippen molar-refractivity contribution in [3.8, 4) is 11.1 Å². The van der Waals surface area contributed by atoms with Crippen LogP contribution < -0.4 is 10.7 Å². The third-order valence-corrected chi connectivity index (χ3v) is 3.54. The summed E-state index contributed by atoms with van der Waals surface area (Å²) in [6, 6.07) is 8.19. The quantitative estimate of drug-likeness (QED) is 0.785. The number of anilines is 2. The highest BCUT2D eigenvalue weighted by Gasteiger charge is 2.15. The van der Waals surface area contributed by atoms with Crippen LogP contribution in [0.2, 0.25) is 0 Å². The summed E-state index contributed by atoms with van der Waals surface area (Å²) in [5, 5.41) is 2.07. The van der Waals surface area contributed by atoms with Crippen LogP contribution in [0.3, 0.4) is 0 Å². The molecule has 2 heterocycles. The maximum Gasteiger partial charge on any atom is 0.125 e. The van der Waals surface area contributed by atoms with Crippen LogP contribution in [-0.2, 0) is 0 Å². The van der Waals surface area contributed by atoms with Crippen molar-refractivity contribution in [3.05, 3.63) is 61.1 Å². The Hall–Kier alpha value is -2.89. The number of aromatic nitrogens is 3. The molecule has 0 radical (unpaired) electrons. The topological polar surface area (TPSA) is 60.0 Å². The number of benzene rings is 1. The van der Waals surface area contributed by atoms with E-state index in [2.05, 4.69) is 21.9 Å². The van der Waals surface area contributed by atoms with Crippen molar-refractivity contribution in [2.45, 2.75) is 13.3 Å². The molecule has 0 fully saturated rings. The molecule has 0 atom stereocenters. The smallest absolute Gasteiger partial charge is 0.125 e. The molecule has 6 heteroatoms. The first-order valence-corrected chi connectivity index (χ1v) is 7.46. The van der Waals surface area contributed by atoms with Gasteiger partial charge in [-0.2, -0.15) is 0 Å². The fraction of sp³-hybridized carbons (Fsp3) is 0.176. The van der Waals surface area contributed by atoms with Gasteiger partial charge in [0.1, 0.15) is 18.0 Å². The second-order valence-electron chi connectivity index (χ2n) is 5.20. The predicted molar refractivity (Wildman–Crippen MR) is 89.3 cm³/mol. The van der Waals surface area contributed by atoms with Gasteiger partial charge in [0.05, 0.1) is 5.69 Å². The Morgan fingerprint density at radius 3 is 2.70 bits per heavy atom. The summed E-state index contributed by atoms with van der Waals surface area (Å²) in [5.41, 5.74) is 8.58. The molecule has 0 aliphatic heterocycles. The molecule has 2 N–H and O–H groups in total. The number of pyridine rings is 1. The molecule has 118 valence electrons. The Balaban J connectivity index is 2.13. The number of nitrogen functional groups attached to an aromatic ring is 1. The molecular formula is C17H18FN5. The molecule has 0 amide bonds. The van der Waals surface area contributed by atoms with Gasteiger partial charge < -0.3 is 5.73 Å². The normalized spacial score (nSPS) is 10.7. The van der Waals surface area contributed by atoms with Crippen molar-refractivity contribution < 1.29 is 4.39 Å². The number of halogens is 1. The van der Waals surface area contributed by atoms with Crippen molar-refractivity contribution in [1.82, 2.24) is 14.6 Å². The molecule has 23 heavy (non-hydrogen) atoms. The largest absolute Gasteiger partial charge is 0.384 e. The molecule has 0 spiro atoms. The summed E-state index contributed by atoms with van der Waals surface area (Å²) >= 11 is 0. The van der Waals surface area contributed by atoms with E-state index in [1.165, 1.54) is 12.1 Å². The fourth-order valence-electron chi connectivity index (χ4n) is 2.49. The number of nitrogens with zero attached hydrogens (tertiary/aromatic N) is 4. The summed E-state index contributed by atoms with van der Waals surface area (Å²) in [6.45, 7) is 2.89. The average molecular weight is 311 g/mol. The Morgan fingerprint density at radius 1 is 1.26 bits per heavy atom. The second-order valence-corrected chi connectivity index (χ2v) is 5.20. The lowest BCUT2D eigenvalue weighted by atomic mass is 10.1. The third kappa shape index (κ3) is 3.15. The van der Waals surface area contributed by atoms with Crippen LogP contribution in [0.1, 0.15) is 13.3 Å². The minimum atomic E-state index is -0.265. The highest BCUT2D eigenvalue weighted by molar-refractivity contribution is 5.79. The van der Waals surface area contributed by atoms with Crippen LogP contribution in [0, 0.1) is 5.82 Å². The van der Waals surface area contributed by atoms with Crippen molar-refractivity contribution in [1.29, 1.82) is 0 Å². The Bertz CT molecular complexity index is 768. The van der Waals surface area contributed by atoms with Gasteiger partial charge >= 0.3 is 0 Å². The SMILES string of the molecule is CCCN(c1cc(N)ncc1-c1ccc(F)cc1)n1ccnc1. The van der Waals surface area contributed by atoms with Crippen LogP contribution >= 0.6 is 0 Å². The lowest BCUT2D eigenvalue weighted by molar-refractivity contribution is 0.628. The molecule has 0 bridgehead atoms. The van der Waals surface area contributed by atoms with E-state index in [4.69, 9.17) is 5.73 Å². The van der Waals surface area contributed by atoms with E-state index in [0.717, 1.165) is 29.8 Å². The van der Waals surface area contributed by atoms with Crippen LogP contribution in [0.25, 0.3) is 11.1 Å². The van der Waals surface area contributed by atoms with E-state index in [1.54, 1.807) is 30.9 Å². The molecule has 0 aliphatic rings. The first-order valence-electron chi connectivity index (χ1n) is 7.46. The van der Waals surface area contributed by atoms with Gasteiger partial charge in [-0.15, -0.1) is 0 Å². The predicted octanol–water partition coefficient (Wildman–Crippen LogP) is 3.35. The Kier molecular flexibility index (Phi) is 4.23. The average Bonchev–Trinajstić information content (AvgIpc) is 3.08. The minimum absolute atomic E-state index is 0.265. The van der Waals surface area contributed by atoms with Crippen molar-refractivity contribution in [2.75, 3.05) is 17.3 Å². The fourth-order valence-corrected chi connectivity index (χ4v) is 2.49. The zero-order valence-electron chi connectivity index (χ0n) is 12.9. The van der Waals surface area contributed by atoms with Gasteiger partial charge in [-0.1, -0.05) is 19.1 Å². The molecule has 0 aliphatic carbocycles. The van der Waals surface area contributed by atoms with E-state index in [0.29, 0.717) is 5.82 Å². The number of hydrogen-bond acceptors (Lipinski definition) is 4. The summed E-state index contributed by atoms with van der Waals surface area (Å²) < 4.78 is 15.1. The maximum absolute atomic E-state index is 13.2. The zero-order chi connectivity index (χ0) is 16.2. The summed E-state index contributed by atoms with van der Waals surface area (Å²) in [7, 11) is 0. The highest BCUT2D eigenvalue weighted by Crippen LogP contribution is 2.32. The first kappa shape index (κ1) is 15.0. The highest BCUT2D eigenvalue weighted by atomic mass is 19.1. The zero-order valence-corrected chi connectivity index (χ0v) is 12.9. The monoisotopic (exact) mass is 311 g/mol. The first-order chi connectivity index (χ1) is 11.2. The van der Waals surface area contributed by atoms with Crippen molar-refractivity contribution >= 4 is 11.5 Å². The lowest BCUT2D eigenvalue weighted by Crippen LogP contribution is -2.29. The standard InChI is InChI=1S/C17H18FN5/c1-2-8-23(22-9-7-20-12-22)16-10-17(19)21-11-15(16)13-3-5-14(18)6-4-13/h3-7,9-12H,2,8H2,1H3,(H2,19,21). The van der Waals surface area contributed by atoms with Gasteiger partial charge in [-0.25, -0.2) is 19.0 Å². The second kappa shape index (κ2) is 6.48. The molecule has 5 nitrogen and oxygen atoms in total. The van der Waals surface area contributed by atoms with Gasteiger partial charge in [-0.05, 0) is 24.1 Å². The van der Waals surface area contributed by atoms with Crippen LogP contribution in [0.15, 0.2) is 55.2 Å². The number of hydrogen-bond donors (Lipinski definition) is 1. The molecule has 0 saturated heterocycles. The van der Waals surface area contributed by atoms with Crippen molar-refractivity contribution in [3.63, 3.8) is 0 Å². The Morgan fingerprint density at radius 2 is 2.04 bits per heavy atom. The molecular weight excluding hydrogens is 293 g/mol. The lowest BCUT2D eigenvalue weighted by Gasteiger charge is -2.27. The maximum atomic E-state index is 13.2. The van der Waals surface area contributed by atoms with Crippen LogP contribution in [0.4, 0.5) is 15.9 Å². The van der Waals surface area contributed by atoms with Gasteiger partial charge in [-0.3, -0.25) is 5.01 Å². The molecule has 2 aromatic heterocycles. The number of nitrogens with two attached hydrogens (primary N) is 1. The minimum Gasteiger partial charge on any atom is -0.384 e. The molecule has 0 saturated carbocycles. The molecule has 3 aromatic rings. The van der Waals surface area contributed by atoms with E-state index in [1.807, 2.05) is 16.9 Å². The van der Waals surface area contributed by atoms with Gasteiger partial charge in [0.25, 0.3) is 0 Å².